The van der Waals surface area contributed by atoms with Gasteiger partial charge in [0.2, 0.25) is 0 Å². The summed E-state index contributed by atoms with van der Waals surface area (Å²) >= 11 is 1.61. The van der Waals surface area contributed by atoms with Crippen LogP contribution in [0.1, 0.15) is 36.9 Å². The number of H-pyrrole nitrogens is 1. The fourth-order valence-corrected chi connectivity index (χ4v) is 3.32. The number of hydrogen-bond donors (Lipinski definition) is 3. The first-order chi connectivity index (χ1) is 12.0. The molecule has 3 N–H and O–H groups in total. The van der Waals surface area contributed by atoms with Gasteiger partial charge in [-0.2, -0.15) is 0 Å². The summed E-state index contributed by atoms with van der Waals surface area (Å²) in [5, 5.41) is 5.41. The fourth-order valence-electron chi connectivity index (χ4n) is 2.91. The number of anilines is 1. The molecule has 3 rings (SSSR count). The Labute approximate surface area is 148 Å². The number of amides is 2. The highest BCUT2D eigenvalue weighted by molar-refractivity contribution is 7.98. The lowest BCUT2D eigenvalue weighted by atomic mass is 9.98. The van der Waals surface area contributed by atoms with E-state index in [0.29, 0.717) is 12.1 Å². The molecule has 0 saturated carbocycles. The van der Waals surface area contributed by atoms with E-state index in [-0.39, 0.29) is 5.82 Å². The average Bonchev–Trinajstić information content (AvgIpc) is 2.60. The van der Waals surface area contributed by atoms with Crippen molar-refractivity contribution in [2.75, 3.05) is 11.6 Å². The number of urea groups is 1. The van der Waals surface area contributed by atoms with Gasteiger partial charge in [-0.15, -0.1) is 11.8 Å². The second kappa shape index (κ2) is 7.18. The molecule has 1 aliphatic heterocycles. The number of carbonyl (C=O) groups excluding carboxylic acids is 1. The summed E-state index contributed by atoms with van der Waals surface area (Å²) in [5.74, 6) is 0.282. The number of nitrogens with zero attached hydrogens (tertiary/aromatic N) is 1. The van der Waals surface area contributed by atoms with E-state index in [9.17, 15) is 14.4 Å². The third-order valence-corrected chi connectivity index (χ3v) is 4.96. The molecule has 0 radical (unpaired) electrons. The maximum absolute atomic E-state index is 12.5. The molecule has 2 amide bonds. The van der Waals surface area contributed by atoms with E-state index in [4.69, 9.17) is 0 Å². The monoisotopic (exact) mass is 360 g/mol. The van der Waals surface area contributed by atoms with Gasteiger partial charge in [-0.3, -0.25) is 19.7 Å². The summed E-state index contributed by atoms with van der Waals surface area (Å²) in [7, 11) is 0. The maximum atomic E-state index is 12.5. The van der Waals surface area contributed by atoms with Crippen molar-refractivity contribution < 1.29 is 4.79 Å². The molecule has 2 heterocycles. The molecule has 0 bridgehead atoms. The van der Waals surface area contributed by atoms with Crippen LogP contribution in [0.15, 0.2) is 38.8 Å². The van der Waals surface area contributed by atoms with Gasteiger partial charge in [-0.1, -0.05) is 25.5 Å². The summed E-state index contributed by atoms with van der Waals surface area (Å²) in [6.45, 7) is 2.45. The minimum Gasteiger partial charge on any atom is -0.327 e. The van der Waals surface area contributed by atoms with Crippen LogP contribution in [0, 0.1) is 0 Å². The Morgan fingerprint density at radius 3 is 2.52 bits per heavy atom. The minimum absolute atomic E-state index is 0.282. The molecule has 132 valence electrons. The van der Waals surface area contributed by atoms with E-state index < -0.39 is 23.3 Å². The van der Waals surface area contributed by atoms with Crippen LogP contribution < -0.4 is 21.9 Å². The van der Waals surface area contributed by atoms with Gasteiger partial charge in [-0.25, -0.2) is 9.59 Å². The van der Waals surface area contributed by atoms with Crippen LogP contribution >= 0.6 is 11.8 Å². The lowest BCUT2D eigenvalue weighted by molar-refractivity contribution is 0.248. The van der Waals surface area contributed by atoms with Crippen LogP contribution in [-0.4, -0.2) is 21.8 Å². The molecule has 0 aliphatic carbocycles. The van der Waals surface area contributed by atoms with E-state index in [2.05, 4.69) is 15.6 Å². The highest BCUT2D eigenvalue weighted by Gasteiger charge is 2.31. The van der Waals surface area contributed by atoms with Gasteiger partial charge in [0.1, 0.15) is 5.82 Å². The maximum Gasteiger partial charge on any atom is 0.329 e. The van der Waals surface area contributed by atoms with Gasteiger partial charge >= 0.3 is 11.7 Å². The number of thioether (sulfide) groups is 1. The Morgan fingerprint density at radius 1 is 1.16 bits per heavy atom. The first-order valence-corrected chi connectivity index (χ1v) is 9.36. The fraction of sp³-hybridized carbons (Fsp3) is 0.353. The van der Waals surface area contributed by atoms with Crippen molar-refractivity contribution in [3.63, 3.8) is 0 Å². The number of rotatable bonds is 5. The lowest BCUT2D eigenvalue weighted by Crippen LogP contribution is -2.46. The highest BCUT2D eigenvalue weighted by Crippen LogP contribution is 2.29. The van der Waals surface area contributed by atoms with Crippen molar-refractivity contribution in [1.82, 2.24) is 14.9 Å². The van der Waals surface area contributed by atoms with E-state index >= 15 is 0 Å². The SMILES string of the molecule is CCCCn1c2c(c(=O)[nH]c1=O)C(c1ccc(SC)cc1)NC(=O)N2. The molecule has 8 heteroatoms. The van der Waals surface area contributed by atoms with Crippen molar-refractivity contribution in [3.05, 3.63) is 56.2 Å². The van der Waals surface area contributed by atoms with E-state index in [1.54, 1.807) is 11.8 Å². The lowest BCUT2D eigenvalue weighted by Gasteiger charge is -2.28. The number of aromatic nitrogens is 2. The third-order valence-electron chi connectivity index (χ3n) is 4.22. The van der Waals surface area contributed by atoms with Crippen LogP contribution in [0.2, 0.25) is 0 Å². The topological polar surface area (TPSA) is 96.0 Å². The number of unbranched alkanes of at least 4 members (excludes halogenated alkanes) is 1. The smallest absolute Gasteiger partial charge is 0.327 e. The number of benzene rings is 1. The van der Waals surface area contributed by atoms with E-state index in [0.717, 1.165) is 23.3 Å². The number of hydrogen-bond acceptors (Lipinski definition) is 4. The number of carbonyl (C=O) groups is 1. The van der Waals surface area contributed by atoms with Crippen LogP contribution in [0.5, 0.6) is 0 Å². The van der Waals surface area contributed by atoms with Gasteiger partial charge in [-0.05, 0) is 30.4 Å². The van der Waals surface area contributed by atoms with Crippen molar-refractivity contribution in [2.24, 2.45) is 0 Å². The normalized spacial score (nSPS) is 16.1. The van der Waals surface area contributed by atoms with Gasteiger partial charge < -0.3 is 5.32 Å². The Balaban J connectivity index is 2.14. The average molecular weight is 360 g/mol. The van der Waals surface area contributed by atoms with E-state index in [1.165, 1.54) is 4.57 Å². The van der Waals surface area contributed by atoms with Crippen LogP contribution in [-0.2, 0) is 6.54 Å². The Hall–Kier alpha value is -2.48. The third kappa shape index (κ3) is 3.34. The second-order valence-electron chi connectivity index (χ2n) is 5.83. The number of aromatic amines is 1. The zero-order valence-corrected chi connectivity index (χ0v) is 14.9. The molecule has 25 heavy (non-hydrogen) atoms. The van der Waals surface area contributed by atoms with Gasteiger partial charge in [0.25, 0.3) is 5.56 Å². The Kier molecular flexibility index (Phi) is 4.98. The molecule has 2 aromatic rings. The second-order valence-corrected chi connectivity index (χ2v) is 6.71. The summed E-state index contributed by atoms with van der Waals surface area (Å²) in [5.41, 5.74) is 0.155. The summed E-state index contributed by atoms with van der Waals surface area (Å²) < 4.78 is 1.43. The summed E-state index contributed by atoms with van der Waals surface area (Å²) in [6, 6.07) is 6.61. The molecular weight excluding hydrogens is 340 g/mol. The standard InChI is InChI=1S/C17H20N4O3S/c1-3-4-9-21-14-12(15(22)20-17(21)24)13(18-16(23)19-14)10-5-7-11(25-2)8-6-10/h5-8,13H,3-4,9H2,1-2H3,(H2,18,19,23)(H,20,22,24). The largest absolute Gasteiger partial charge is 0.329 e. The molecule has 7 nitrogen and oxygen atoms in total. The predicted molar refractivity (Wildman–Crippen MR) is 98.5 cm³/mol. The molecule has 0 spiro atoms. The molecular formula is C17H20N4O3S. The molecule has 1 aromatic carbocycles. The van der Waals surface area contributed by atoms with E-state index in [1.807, 2.05) is 37.4 Å². The summed E-state index contributed by atoms with van der Waals surface area (Å²) in [4.78, 5) is 40.2. The molecule has 1 atom stereocenters. The van der Waals surface area contributed by atoms with Crippen molar-refractivity contribution in [1.29, 1.82) is 0 Å². The van der Waals surface area contributed by atoms with Gasteiger partial charge in [0, 0.05) is 11.4 Å². The first kappa shape index (κ1) is 17.3. The van der Waals surface area contributed by atoms with Crippen LogP contribution in [0.4, 0.5) is 10.6 Å². The molecule has 1 aromatic heterocycles. The van der Waals surface area contributed by atoms with Crippen molar-refractivity contribution >= 4 is 23.6 Å². The first-order valence-electron chi connectivity index (χ1n) is 8.13. The highest BCUT2D eigenvalue weighted by atomic mass is 32.2. The van der Waals surface area contributed by atoms with Gasteiger partial charge in [0.05, 0.1) is 11.6 Å². The van der Waals surface area contributed by atoms with Gasteiger partial charge in [0.15, 0.2) is 0 Å². The molecule has 1 aliphatic rings. The number of nitrogens with one attached hydrogen (secondary N) is 3. The number of fused-ring (bicyclic) bond motifs is 1. The molecule has 1 unspecified atom stereocenters. The Bertz CT molecular complexity index is 902. The summed E-state index contributed by atoms with van der Waals surface area (Å²) in [6.07, 6.45) is 3.65. The predicted octanol–water partition coefficient (Wildman–Crippen LogP) is 2.28. The van der Waals surface area contributed by atoms with Crippen molar-refractivity contribution in [2.45, 2.75) is 37.2 Å². The van der Waals surface area contributed by atoms with Crippen LogP contribution in [0.3, 0.4) is 0 Å². The minimum atomic E-state index is -0.600. The Morgan fingerprint density at radius 2 is 1.88 bits per heavy atom. The zero-order chi connectivity index (χ0) is 18.0. The zero-order valence-electron chi connectivity index (χ0n) is 14.1. The quantitative estimate of drug-likeness (QED) is 0.713. The molecule has 0 fully saturated rings. The van der Waals surface area contributed by atoms with Crippen LogP contribution in [0.25, 0.3) is 0 Å². The molecule has 0 saturated heterocycles. The van der Waals surface area contributed by atoms with Crippen molar-refractivity contribution in [3.8, 4) is 0 Å².